The Morgan fingerprint density at radius 1 is 1.60 bits per heavy atom. The molecule has 0 amide bonds. The summed E-state index contributed by atoms with van der Waals surface area (Å²) in [7, 11) is 2.22. The Morgan fingerprint density at radius 3 is 3.13 bits per heavy atom. The quantitative estimate of drug-likeness (QED) is 0.847. The first kappa shape index (κ1) is 11.1. The van der Waals surface area contributed by atoms with Gasteiger partial charge >= 0.3 is 0 Å². The van der Waals surface area contributed by atoms with Crippen molar-refractivity contribution in [2.24, 2.45) is 0 Å². The molecule has 1 aliphatic heterocycles. The van der Waals surface area contributed by atoms with Crippen LogP contribution in [0, 0.1) is 0 Å². The molecular formula is C12H20N2S. The molecule has 1 aromatic rings. The number of likely N-dealkylation sites (tertiary alicyclic amines) is 1. The van der Waals surface area contributed by atoms with Crippen molar-refractivity contribution < 1.29 is 0 Å². The van der Waals surface area contributed by atoms with E-state index in [1.807, 2.05) is 11.3 Å². The fourth-order valence-electron chi connectivity index (χ4n) is 2.13. The van der Waals surface area contributed by atoms with Crippen molar-refractivity contribution in [2.75, 3.05) is 13.6 Å². The molecule has 2 rings (SSSR count). The summed E-state index contributed by atoms with van der Waals surface area (Å²) < 4.78 is 0. The van der Waals surface area contributed by atoms with Gasteiger partial charge in [0.2, 0.25) is 0 Å². The maximum absolute atomic E-state index is 3.66. The monoisotopic (exact) mass is 224 g/mol. The molecule has 15 heavy (non-hydrogen) atoms. The third-order valence-electron chi connectivity index (χ3n) is 3.35. The molecule has 1 saturated heterocycles. The van der Waals surface area contributed by atoms with E-state index in [1.54, 1.807) is 0 Å². The van der Waals surface area contributed by atoms with E-state index in [4.69, 9.17) is 0 Å². The molecule has 3 heteroatoms. The van der Waals surface area contributed by atoms with Crippen molar-refractivity contribution in [3.05, 3.63) is 22.4 Å². The van der Waals surface area contributed by atoms with Crippen LogP contribution in [0.15, 0.2) is 17.5 Å². The zero-order chi connectivity index (χ0) is 10.7. The van der Waals surface area contributed by atoms with Crippen LogP contribution in [0.1, 0.15) is 24.6 Å². The molecule has 1 aliphatic rings. The van der Waals surface area contributed by atoms with Crippen molar-refractivity contribution in [1.82, 2.24) is 10.2 Å². The topological polar surface area (TPSA) is 15.3 Å². The molecule has 2 unspecified atom stereocenters. The highest BCUT2D eigenvalue weighted by Gasteiger charge is 2.21. The van der Waals surface area contributed by atoms with Crippen LogP contribution in [0.2, 0.25) is 0 Å². The number of hydrogen-bond acceptors (Lipinski definition) is 3. The van der Waals surface area contributed by atoms with E-state index in [0.717, 1.165) is 12.6 Å². The van der Waals surface area contributed by atoms with Crippen molar-refractivity contribution in [2.45, 2.75) is 38.4 Å². The minimum atomic E-state index is 0.707. The van der Waals surface area contributed by atoms with Crippen LogP contribution in [0.5, 0.6) is 0 Å². The number of thiophene rings is 1. The Balaban J connectivity index is 1.76. The number of hydrogen-bond donors (Lipinski definition) is 1. The van der Waals surface area contributed by atoms with Crippen LogP contribution in [0.3, 0.4) is 0 Å². The highest BCUT2D eigenvalue weighted by Crippen LogP contribution is 2.16. The van der Waals surface area contributed by atoms with Crippen LogP contribution < -0.4 is 5.32 Å². The lowest BCUT2D eigenvalue weighted by atomic mass is 9.99. The lowest BCUT2D eigenvalue weighted by molar-refractivity contribution is 0.168. The van der Waals surface area contributed by atoms with E-state index in [2.05, 4.69) is 41.7 Å². The Morgan fingerprint density at radius 2 is 2.47 bits per heavy atom. The Bertz CT molecular complexity index is 284. The fourth-order valence-corrected chi connectivity index (χ4v) is 2.79. The normalized spacial score (nSPS) is 28.1. The average Bonchev–Trinajstić information content (AvgIpc) is 2.73. The van der Waals surface area contributed by atoms with Crippen LogP contribution in [0.4, 0.5) is 0 Å². The molecule has 2 nitrogen and oxygen atoms in total. The number of nitrogens with one attached hydrogen (secondary N) is 1. The molecule has 84 valence electrons. The zero-order valence-corrected chi connectivity index (χ0v) is 10.4. The third-order valence-corrected chi connectivity index (χ3v) is 4.23. The minimum absolute atomic E-state index is 0.707. The highest BCUT2D eigenvalue weighted by atomic mass is 32.1. The van der Waals surface area contributed by atoms with E-state index in [9.17, 15) is 0 Å². The summed E-state index contributed by atoms with van der Waals surface area (Å²) in [4.78, 5) is 3.89. The Labute approximate surface area is 96.3 Å². The fraction of sp³-hybridized carbons (Fsp3) is 0.667. The first-order chi connectivity index (χ1) is 7.25. The highest BCUT2D eigenvalue weighted by molar-refractivity contribution is 7.09. The van der Waals surface area contributed by atoms with Crippen molar-refractivity contribution in [3.63, 3.8) is 0 Å². The summed E-state index contributed by atoms with van der Waals surface area (Å²) in [6, 6.07) is 5.76. The molecular weight excluding hydrogens is 204 g/mol. The standard InChI is InChI=1S/C12H20N2S/c1-10-8-11(5-6-14(10)2)13-9-12-4-3-7-15-12/h3-4,7,10-11,13H,5-6,8-9H2,1-2H3. The van der Waals surface area contributed by atoms with Crippen LogP contribution in [-0.2, 0) is 6.54 Å². The van der Waals surface area contributed by atoms with Gasteiger partial charge in [-0.15, -0.1) is 11.3 Å². The van der Waals surface area contributed by atoms with Gasteiger partial charge in [0.25, 0.3) is 0 Å². The predicted octanol–water partition coefficient (Wildman–Crippen LogP) is 2.32. The number of piperidine rings is 1. The molecule has 0 aromatic carbocycles. The maximum Gasteiger partial charge on any atom is 0.0302 e. The summed E-state index contributed by atoms with van der Waals surface area (Å²) in [6.07, 6.45) is 2.56. The maximum atomic E-state index is 3.66. The predicted molar refractivity (Wildman–Crippen MR) is 66.3 cm³/mol. The SMILES string of the molecule is CC1CC(NCc2cccs2)CCN1C. The van der Waals surface area contributed by atoms with Crippen LogP contribution >= 0.6 is 11.3 Å². The Hall–Kier alpha value is -0.380. The van der Waals surface area contributed by atoms with Crippen molar-refractivity contribution >= 4 is 11.3 Å². The van der Waals surface area contributed by atoms with Gasteiger partial charge in [0.05, 0.1) is 0 Å². The van der Waals surface area contributed by atoms with E-state index >= 15 is 0 Å². The first-order valence-corrected chi connectivity index (χ1v) is 6.59. The van der Waals surface area contributed by atoms with Crippen molar-refractivity contribution in [3.8, 4) is 0 Å². The van der Waals surface area contributed by atoms with Gasteiger partial charge in [0.1, 0.15) is 0 Å². The largest absolute Gasteiger partial charge is 0.309 e. The summed E-state index contributed by atoms with van der Waals surface area (Å²) >= 11 is 1.84. The second kappa shape index (κ2) is 5.10. The molecule has 0 spiro atoms. The molecule has 0 bridgehead atoms. The summed E-state index contributed by atoms with van der Waals surface area (Å²) in [5.74, 6) is 0. The zero-order valence-electron chi connectivity index (χ0n) is 9.57. The van der Waals surface area contributed by atoms with Gasteiger partial charge in [0.15, 0.2) is 0 Å². The summed E-state index contributed by atoms with van der Waals surface area (Å²) in [6.45, 7) is 4.58. The summed E-state index contributed by atoms with van der Waals surface area (Å²) in [5, 5.41) is 5.81. The van der Waals surface area contributed by atoms with E-state index in [1.165, 1.54) is 24.3 Å². The number of rotatable bonds is 3. The van der Waals surface area contributed by atoms with Gasteiger partial charge < -0.3 is 10.2 Å². The molecule has 1 fully saturated rings. The first-order valence-electron chi connectivity index (χ1n) is 5.71. The van der Waals surface area contributed by atoms with E-state index in [-0.39, 0.29) is 0 Å². The molecule has 2 atom stereocenters. The van der Waals surface area contributed by atoms with Gasteiger partial charge in [-0.1, -0.05) is 6.07 Å². The smallest absolute Gasteiger partial charge is 0.0302 e. The van der Waals surface area contributed by atoms with Gasteiger partial charge in [-0.25, -0.2) is 0 Å². The third kappa shape index (κ3) is 3.03. The van der Waals surface area contributed by atoms with Crippen LogP contribution in [0.25, 0.3) is 0 Å². The van der Waals surface area contributed by atoms with Gasteiger partial charge in [-0.2, -0.15) is 0 Å². The molecule has 0 saturated carbocycles. The second-order valence-corrected chi connectivity index (χ2v) is 5.54. The van der Waals surface area contributed by atoms with Gasteiger partial charge in [-0.3, -0.25) is 0 Å². The molecule has 1 aromatic heterocycles. The van der Waals surface area contributed by atoms with Gasteiger partial charge in [0, 0.05) is 23.5 Å². The molecule has 0 aliphatic carbocycles. The van der Waals surface area contributed by atoms with Crippen LogP contribution in [-0.4, -0.2) is 30.6 Å². The lowest BCUT2D eigenvalue weighted by Crippen LogP contribution is -2.45. The van der Waals surface area contributed by atoms with Gasteiger partial charge in [-0.05, 0) is 44.8 Å². The van der Waals surface area contributed by atoms with Crippen molar-refractivity contribution in [1.29, 1.82) is 0 Å². The lowest BCUT2D eigenvalue weighted by Gasteiger charge is -2.35. The molecule has 1 N–H and O–H groups in total. The minimum Gasteiger partial charge on any atom is -0.309 e. The average molecular weight is 224 g/mol. The molecule has 2 heterocycles. The Kier molecular flexibility index (Phi) is 3.78. The number of nitrogens with zero attached hydrogens (tertiary/aromatic N) is 1. The molecule has 0 radical (unpaired) electrons. The second-order valence-electron chi connectivity index (χ2n) is 4.51. The van der Waals surface area contributed by atoms with E-state index in [0.29, 0.717) is 6.04 Å². The summed E-state index contributed by atoms with van der Waals surface area (Å²) in [5.41, 5.74) is 0. The van der Waals surface area contributed by atoms with E-state index < -0.39 is 0 Å².